The molecule has 5 nitrogen and oxygen atoms in total. The minimum Gasteiger partial charge on any atom is -0.381 e. The molecule has 0 radical (unpaired) electrons. The van der Waals surface area contributed by atoms with E-state index < -0.39 is 0 Å². The normalized spacial score (nSPS) is 24.2. The van der Waals surface area contributed by atoms with E-state index in [0.29, 0.717) is 6.04 Å². The van der Waals surface area contributed by atoms with Crippen LogP contribution in [-0.2, 0) is 9.53 Å². The van der Waals surface area contributed by atoms with Crippen molar-refractivity contribution in [2.45, 2.75) is 44.7 Å². The molecular weight excluding hydrogens is 325 g/mol. The highest BCUT2D eigenvalue weighted by Gasteiger charge is 2.31. The van der Waals surface area contributed by atoms with Crippen molar-refractivity contribution in [1.29, 1.82) is 0 Å². The Kier molecular flexibility index (Phi) is 10.6. The van der Waals surface area contributed by atoms with Crippen molar-refractivity contribution in [2.24, 2.45) is 11.7 Å². The zero-order chi connectivity index (χ0) is 14.5. The summed E-state index contributed by atoms with van der Waals surface area (Å²) in [7, 11) is 1.90. The minimum absolute atomic E-state index is 0. The highest BCUT2D eigenvalue weighted by Crippen LogP contribution is 2.21. The second kappa shape index (κ2) is 10.7. The third-order valence-electron chi connectivity index (χ3n) is 4.83. The molecule has 0 aliphatic carbocycles. The SMILES string of the molecule is CCN1CCCC1CN(C)C(=O)C(N)C1CCOCC1.Cl.Cl. The van der Waals surface area contributed by atoms with Crippen LogP contribution in [-0.4, -0.2) is 67.7 Å². The van der Waals surface area contributed by atoms with Crippen LogP contribution in [0.4, 0.5) is 0 Å². The van der Waals surface area contributed by atoms with Gasteiger partial charge in [-0.1, -0.05) is 6.92 Å². The summed E-state index contributed by atoms with van der Waals surface area (Å²) in [6.07, 6.45) is 4.25. The number of hydrogen-bond donors (Lipinski definition) is 1. The molecule has 0 bridgehead atoms. The molecule has 2 fully saturated rings. The summed E-state index contributed by atoms with van der Waals surface area (Å²) in [6.45, 7) is 6.70. The van der Waals surface area contributed by atoms with Crippen molar-refractivity contribution in [2.75, 3.05) is 39.9 Å². The molecular formula is C15H31Cl2N3O2. The van der Waals surface area contributed by atoms with E-state index in [1.807, 2.05) is 11.9 Å². The van der Waals surface area contributed by atoms with Gasteiger partial charge in [-0.05, 0) is 44.7 Å². The van der Waals surface area contributed by atoms with Crippen LogP contribution in [0, 0.1) is 5.92 Å². The lowest BCUT2D eigenvalue weighted by atomic mass is 9.91. The van der Waals surface area contributed by atoms with Crippen molar-refractivity contribution in [3.63, 3.8) is 0 Å². The predicted octanol–water partition coefficient (Wildman–Crippen LogP) is 1.53. The third-order valence-corrected chi connectivity index (χ3v) is 4.83. The quantitative estimate of drug-likeness (QED) is 0.812. The minimum atomic E-state index is -0.361. The number of amides is 1. The lowest BCUT2D eigenvalue weighted by molar-refractivity contribution is -0.134. The van der Waals surface area contributed by atoms with E-state index in [9.17, 15) is 4.79 Å². The fourth-order valence-corrected chi connectivity index (χ4v) is 3.46. The number of rotatable bonds is 5. The van der Waals surface area contributed by atoms with Crippen molar-refractivity contribution in [3.8, 4) is 0 Å². The molecule has 2 rings (SSSR count). The van der Waals surface area contributed by atoms with E-state index in [1.165, 1.54) is 12.8 Å². The molecule has 2 aliphatic rings. The van der Waals surface area contributed by atoms with E-state index in [1.54, 1.807) is 0 Å². The van der Waals surface area contributed by atoms with Crippen LogP contribution < -0.4 is 5.73 Å². The van der Waals surface area contributed by atoms with Gasteiger partial charge in [0.15, 0.2) is 0 Å². The Balaban J connectivity index is 0.00000220. The van der Waals surface area contributed by atoms with Gasteiger partial charge in [0.05, 0.1) is 6.04 Å². The molecule has 7 heteroatoms. The average Bonchev–Trinajstić information content (AvgIpc) is 2.93. The van der Waals surface area contributed by atoms with Crippen molar-refractivity contribution in [1.82, 2.24) is 9.80 Å². The maximum Gasteiger partial charge on any atom is 0.239 e. The largest absolute Gasteiger partial charge is 0.381 e. The number of halogens is 2. The molecule has 0 spiro atoms. The summed E-state index contributed by atoms with van der Waals surface area (Å²) in [6, 6.07) is 0.149. The van der Waals surface area contributed by atoms with E-state index in [2.05, 4.69) is 11.8 Å². The third kappa shape index (κ3) is 5.53. The monoisotopic (exact) mass is 355 g/mol. The van der Waals surface area contributed by atoms with Gasteiger partial charge in [0.25, 0.3) is 0 Å². The number of likely N-dealkylation sites (tertiary alicyclic amines) is 1. The van der Waals surface area contributed by atoms with Crippen LogP contribution in [0.15, 0.2) is 0 Å². The highest BCUT2D eigenvalue weighted by molar-refractivity contribution is 5.85. The van der Waals surface area contributed by atoms with Crippen LogP contribution >= 0.6 is 24.8 Å². The summed E-state index contributed by atoms with van der Waals surface area (Å²) in [5.41, 5.74) is 6.17. The van der Waals surface area contributed by atoms with Gasteiger partial charge >= 0.3 is 0 Å². The first-order valence-corrected chi connectivity index (χ1v) is 7.95. The number of hydrogen-bond acceptors (Lipinski definition) is 4. The van der Waals surface area contributed by atoms with Gasteiger partial charge in [0, 0.05) is 32.8 Å². The van der Waals surface area contributed by atoms with Gasteiger partial charge in [-0.3, -0.25) is 9.69 Å². The molecule has 2 aliphatic heterocycles. The summed E-state index contributed by atoms with van der Waals surface area (Å²) in [5.74, 6) is 0.379. The smallest absolute Gasteiger partial charge is 0.239 e. The second-order valence-corrected chi connectivity index (χ2v) is 6.12. The zero-order valence-corrected chi connectivity index (χ0v) is 15.3. The predicted molar refractivity (Wildman–Crippen MR) is 93.9 cm³/mol. The van der Waals surface area contributed by atoms with E-state index in [0.717, 1.165) is 45.7 Å². The molecule has 0 aromatic carbocycles. The van der Waals surface area contributed by atoms with Crippen molar-refractivity contribution in [3.05, 3.63) is 0 Å². The second-order valence-electron chi connectivity index (χ2n) is 6.12. The number of likely N-dealkylation sites (N-methyl/N-ethyl adjacent to an activating group) is 2. The summed E-state index contributed by atoms with van der Waals surface area (Å²) >= 11 is 0. The van der Waals surface area contributed by atoms with Crippen LogP contribution in [0.2, 0.25) is 0 Å². The molecule has 1 amide bonds. The molecule has 2 unspecified atom stereocenters. The van der Waals surface area contributed by atoms with Gasteiger partial charge in [-0.2, -0.15) is 0 Å². The fraction of sp³-hybridized carbons (Fsp3) is 0.933. The summed E-state index contributed by atoms with van der Waals surface area (Å²) in [5, 5.41) is 0. The van der Waals surface area contributed by atoms with Crippen LogP contribution in [0.3, 0.4) is 0 Å². The Morgan fingerprint density at radius 1 is 1.32 bits per heavy atom. The summed E-state index contributed by atoms with van der Waals surface area (Å²) < 4.78 is 5.34. The van der Waals surface area contributed by atoms with Gasteiger partial charge < -0.3 is 15.4 Å². The number of ether oxygens (including phenoxy) is 1. The van der Waals surface area contributed by atoms with Crippen LogP contribution in [0.5, 0.6) is 0 Å². The first-order valence-electron chi connectivity index (χ1n) is 7.95. The topological polar surface area (TPSA) is 58.8 Å². The Hall–Kier alpha value is -0.0700. The Labute approximate surface area is 146 Å². The number of carbonyl (C=O) groups excluding carboxylic acids is 1. The zero-order valence-electron chi connectivity index (χ0n) is 13.7. The van der Waals surface area contributed by atoms with E-state index >= 15 is 0 Å². The average molecular weight is 356 g/mol. The van der Waals surface area contributed by atoms with Gasteiger partial charge in [-0.25, -0.2) is 0 Å². The molecule has 0 aromatic heterocycles. The highest BCUT2D eigenvalue weighted by atomic mass is 35.5. The molecule has 22 heavy (non-hydrogen) atoms. The van der Waals surface area contributed by atoms with Gasteiger partial charge in [0.1, 0.15) is 0 Å². The molecule has 0 aromatic rings. The van der Waals surface area contributed by atoms with Gasteiger partial charge in [-0.15, -0.1) is 24.8 Å². The molecule has 0 saturated carbocycles. The van der Waals surface area contributed by atoms with Crippen molar-refractivity contribution < 1.29 is 9.53 Å². The fourth-order valence-electron chi connectivity index (χ4n) is 3.46. The number of carbonyl (C=O) groups is 1. The van der Waals surface area contributed by atoms with E-state index in [4.69, 9.17) is 10.5 Å². The van der Waals surface area contributed by atoms with Crippen LogP contribution in [0.25, 0.3) is 0 Å². The van der Waals surface area contributed by atoms with Gasteiger partial charge in [0.2, 0.25) is 5.91 Å². The molecule has 2 saturated heterocycles. The number of nitrogens with two attached hydrogens (primary N) is 1. The molecule has 132 valence electrons. The Morgan fingerprint density at radius 3 is 2.55 bits per heavy atom. The first-order chi connectivity index (χ1) is 9.63. The van der Waals surface area contributed by atoms with E-state index in [-0.39, 0.29) is 42.7 Å². The number of nitrogens with zero attached hydrogens (tertiary/aromatic N) is 2. The van der Waals surface area contributed by atoms with Crippen LogP contribution in [0.1, 0.15) is 32.6 Å². The summed E-state index contributed by atoms with van der Waals surface area (Å²) in [4.78, 5) is 16.8. The molecule has 2 N–H and O–H groups in total. The maximum absolute atomic E-state index is 12.5. The molecule has 2 heterocycles. The maximum atomic E-state index is 12.5. The Morgan fingerprint density at radius 2 is 1.95 bits per heavy atom. The first kappa shape index (κ1) is 21.9. The lowest BCUT2D eigenvalue weighted by Gasteiger charge is -2.32. The molecule has 2 atom stereocenters. The Bertz CT molecular complexity index is 328. The lowest BCUT2D eigenvalue weighted by Crippen LogP contribution is -2.50. The standard InChI is InChI=1S/C15H29N3O2.2ClH/c1-3-18-8-4-5-13(18)11-17(2)15(19)14(16)12-6-9-20-10-7-12;;/h12-14H,3-11,16H2,1-2H3;2*1H. The van der Waals surface area contributed by atoms with Crippen molar-refractivity contribution >= 4 is 30.7 Å².